The number of nitrogens with zero attached hydrogens (tertiary/aromatic N) is 1. The van der Waals surface area contributed by atoms with Gasteiger partial charge in [0.25, 0.3) is 0 Å². The van der Waals surface area contributed by atoms with E-state index < -0.39 is 0 Å². The number of aliphatic hydroxyl groups is 1. The smallest absolute Gasteiger partial charge is 0.0910 e. The molecule has 0 aliphatic rings. The Morgan fingerprint density at radius 3 is 2.38 bits per heavy atom. The van der Waals surface area contributed by atoms with E-state index in [-0.39, 0.29) is 6.10 Å². The van der Waals surface area contributed by atoms with Gasteiger partial charge in [-0.25, -0.2) is 0 Å². The van der Waals surface area contributed by atoms with Gasteiger partial charge in [-0.2, -0.15) is 0 Å². The van der Waals surface area contributed by atoms with Crippen LogP contribution >= 0.6 is 0 Å². The molecule has 0 fully saturated rings. The third-order valence-corrected chi connectivity index (χ3v) is 1.22. The maximum atomic E-state index is 9.00. The highest BCUT2D eigenvalue weighted by Crippen LogP contribution is 1.91. The number of aliphatic imine (C=N–C) groups is 1. The van der Waals surface area contributed by atoms with Crippen LogP contribution in [0.2, 0.25) is 0 Å². The van der Waals surface area contributed by atoms with Crippen LogP contribution in [0.4, 0.5) is 0 Å². The number of hydrogen-bond donors (Lipinski definition) is 1. The molecule has 0 radical (unpaired) electrons. The SMILES string of the molecule is CCC(O)C(C)=NC. The predicted octanol–water partition coefficient (Wildman–Crippen LogP) is 0.848. The second kappa shape index (κ2) is 3.61. The van der Waals surface area contributed by atoms with Crippen LogP contribution in [-0.4, -0.2) is 24.0 Å². The van der Waals surface area contributed by atoms with E-state index in [2.05, 4.69) is 4.99 Å². The molecule has 48 valence electrons. The molecule has 0 aromatic heterocycles. The molecule has 2 heteroatoms. The minimum atomic E-state index is -0.333. The first-order chi connectivity index (χ1) is 3.72. The van der Waals surface area contributed by atoms with Crippen molar-refractivity contribution in [2.45, 2.75) is 26.4 Å². The van der Waals surface area contributed by atoms with Crippen LogP contribution in [0.3, 0.4) is 0 Å². The molecule has 0 heterocycles. The summed E-state index contributed by atoms with van der Waals surface area (Å²) in [6.45, 7) is 3.76. The zero-order valence-electron chi connectivity index (χ0n) is 5.68. The summed E-state index contributed by atoms with van der Waals surface area (Å²) < 4.78 is 0. The second-order valence-corrected chi connectivity index (χ2v) is 1.79. The van der Waals surface area contributed by atoms with Gasteiger partial charge in [-0.15, -0.1) is 0 Å². The first kappa shape index (κ1) is 7.63. The maximum absolute atomic E-state index is 9.00. The van der Waals surface area contributed by atoms with Crippen LogP contribution in [0, 0.1) is 0 Å². The van der Waals surface area contributed by atoms with Crippen LogP contribution in [0.5, 0.6) is 0 Å². The molecule has 0 saturated carbocycles. The van der Waals surface area contributed by atoms with Crippen molar-refractivity contribution in [3.63, 3.8) is 0 Å². The Morgan fingerprint density at radius 1 is 1.75 bits per heavy atom. The van der Waals surface area contributed by atoms with Gasteiger partial charge in [0, 0.05) is 12.8 Å². The van der Waals surface area contributed by atoms with Crippen LogP contribution in [0.25, 0.3) is 0 Å². The van der Waals surface area contributed by atoms with E-state index in [1.54, 1.807) is 7.05 Å². The fourth-order valence-electron chi connectivity index (χ4n) is 0.444. The maximum Gasteiger partial charge on any atom is 0.0910 e. The summed E-state index contributed by atoms with van der Waals surface area (Å²) in [5, 5.41) is 9.00. The number of rotatable bonds is 2. The van der Waals surface area contributed by atoms with Gasteiger partial charge in [-0.1, -0.05) is 6.92 Å². The summed E-state index contributed by atoms with van der Waals surface area (Å²) in [6, 6.07) is 0. The molecule has 0 aliphatic carbocycles. The Hall–Kier alpha value is -0.370. The zero-order chi connectivity index (χ0) is 6.57. The van der Waals surface area contributed by atoms with E-state index in [0.717, 1.165) is 12.1 Å². The van der Waals surface area contributed by atoms with Gasteiger partial charge in [0.05, 0.1) is 6.10 Å². The van der Waals surface area contributed by atoms with Crippen molar-refractivity contribution in [1.29, 1.82) is 0 Å². The minimum Gasteiger partial charge on any atom is -0.387 e. The summed E-state index contributed by atoms with van der Waals surface area (Å²) in [6.07, 6.45) is 0.420. The third-order valence-electron chi connectivity index (χ3n) is 1.22. The van der Waals surface area contributed by atoms with Crippen LogP contribution in [0.15, 0.2) is 4.99 Å². The lowest BCUT2D eigenvalue weighted by Gasteiger charge is -2.03. The van der Waals surface area contributed by atoms with Gasteiger partial charge in [0.15, 0.2) is 0 Å². The fraction of sp³-hybridized carbons (Fsp3) is 0.833. The van der Waals surface area contributed by atoms with Crippen molar-refractivity contribution in [1.82, 2.24) is 0 Å². The quantitative estimate of drug-likeness (QED) is 0.531. The first-order valence-electron chi connectivity index (χ1n) is 2.83. The summed E-state index contributed by atoms with van der Waals surface area (Å²) >= 11 is 0. The Kier molecular flexibility index (Phi) is 3.44. The van der Waals surface area contributed by atoms with Gasteiger partial charge in [-0.05, 0) is 13.3 Å². The molecule has 0 spiro atoms. The monoisotopic (exact) mass is 115 g/mol. The normalized spacial score (nSPS) is 16.2. The molecule has 1 atom stereocenters. The molecule has 1 N–H and O–H groups in total. The van der Waals surface area contributed by atoms with Gasteiger partial charge in [0.1, 0.15) is 0 Å². The molecular formula is C6H13NO. The molecule has 0 aliphatic heterocycles. The topological polar surface area (TPSA) is 32.6 Å². The fourth-order valence-corrected chi connectivity index (χ4v) is 0.444. The van der Waals surface area contributed by atoms with E-state index in [4.69, 9.17) is 5.11 Å². The van der Waals surface area contributed by atoms with Crippen LogP contribution in [-0.2, 0) is 0 Å². The molecule has 0 bridgehead atoms. The average molecular weight is 115 g/mol. The molecule has 1 unspecified atom stereocenters. The lowest BCUT2D eigenvalue weighted by atomic mass is 10.2. The van der Waals surface area contributed by atoms with E-state index in [0.29, 0.717) is 0 Å². The van der Waals surface area contributed by atoms with E-state index in [1.165, 1.54) is 0 Å². The first-order valence-corrected chi connectivity index (χ1v) is 2.83. The van der Waals surface area contributed by atoms with Crippen LogP contribution < -0.4 is 0 Å². The van der Waals surface area contributed by atoms with Crippen molar-refractivity contribution in [2.75, 3.05) is 7.05 Å². The number of aliphatic hydroxyl groups excluding tert-OH is 1. The van der Waals surface area contributed by atoms with Crippen molar-refractivity contribution >= 4 is 5.71 Å². The highest BCUT2D eigenvalue weighted by molar-refractivity contribution is 5.85. The van der Waals surface area contributed by atoms with Crippen molar-refractivity contribution in [2.24, 2.45) is 4.99 Å². The third kappa shape index (κ3) is 2.07. The zero-order valence-corrected chi connectivity index (χ0v) is 5.68. The number of hydrogen-bond acceptors (Lipinski definition) is 2. The molecule has 2 nitrogen and oxygen atoms in total. The lowest BCUT2D eigenvalue weighted by molar-refractivity contribution is 0.236. The Morgan fingerprint density at radius 2 is 2.25 bits per heavy atom. The van der Waals surface area contributed by atoms with E-state index in [9.17, 15) is 0 Å². The van der Waals surface area contributed by atoms with Crippen LogP contribution in [0.1, 0.15) is 20.3 Å². The van der Waals surface area contributed by atoms with Gasteiger partial charge in [0.2, 0.25) is 0 Å². The van der Waals surface area contributed by atoms with Gasteiger partial charge in [-0.3, -0.25) is 4.99 Å². The van der Waals surface area contributed by atoms with E-state index >= 15 is 0 Å². The molecule has 0 saturated heterocycles. The predicted molar refractivity (Wildman–Crippen MR) is 35.3 cm³/mol. The molecule has 0 aromatic carbocycles. The highest BCUT2D eigenvalue weighted by Gasteiger charge is 2.00. The lowest BCUT2D eigenvalue weighted by Crippen LogP contribution is -2.15. The standard InChI is InChI=1S/C6H13NO/c1-4-6(8)5(2)7-3/h6,8H,4H2,1-3H3. The summed E-state index contributed by atoms with van der Waals surface area (Å²) in [7, 11) is 1.69. The Bertz CT molecular complexity index is 88.5. The van der Waals surface area contributed by atoms with Crippen molar-refractivity contribution in [3.05, 3.63) is 0 Å². The summed E-state index contributed by atoms with van der Waals surface area (Å²) in [5.74, 6) is 0. The summed E-state index contributed by atoms with van der Waals surface area (Å²) in [5.41, 5.74) is 0.813. The van der Waals surface area contributed by atoms with Gasteiger partial charge < -0.3 is 5.11 Å². The molecule has 0 amide bonds. The highest BCUT2D eigenvalue weighted by atomic mass is 16.3. The molecule has 0 rings (SSSR count). The minimum absolute atomic E-state index is 0.333. The summed E-state index contributed by atoms with van der Waals surface area (Å²) in [4.78, 5) is 3.83. The Labute approximate surface area is 50.3 Å². The molecule has 0 aromatic rings. The van der Waals surface area contributed by atoms with Crippen molar-refractivity contribution < 1.29 is 5.11 Å². The van der Waals surface area contributed by atoms with Crippen molar-refractivity contribution in [3.8, 4) is 0 Å². The Balaban J connectivity index is 3.63. The molecule has 8 heavy (non-hydrogen) atoms. The van der Waals surface area contributed by atoms with E-state index in [1.807, 2.05) is 13.8 Å². The second-order valence-electron chi connectivity index (χ2n) is 1.79. The molecular weight excluding hydrogens is 102 g/mol. The van der Waals surface area contributed by atoms with Gasteiger partial charge >= 0.3 is 0 Å². The largest absolute Gasteiger partial charge is 0.387 e. The average Bonchev–Trinajstić information content (AvgIpc) is 1.84.